The van der Waals surface area contributed by atoms with Crippen LogP contribution in [0.25, 0.3) is 0 Å². The molecule has 6 nitrogen and oxygen atoms in total. The number of aryl methyl sites for hydroxylation is 2. The molecule has 0 aromatic heterocycles. The van der Waals surface area contributed by atoms with Crippen LogP contribution in [0.3, 0.4) is 0 Å². The van der Waals surface area contributed by atoms with Crippen molar-refractivity contribution in [3.8, 4) is 0 Å². The molecule has 1 amide bonds. The molecule has 2 aromatic carbocycles. The molecule has 1 aliphatic heterocycles. The molecule has 0 atom stereocenters. The molecule has 0 radical (unpaired) electrons. The van der Waals surface area contributed by atoms with E-state index in [0.29, 0.717) is 31.1 Å². The van der Waals surface area contributed by atoms with Gasteiger partial charge in [-0.1, -0.05) is 35.9 Å². The van der Waals surface area contributed by atoms with Gasteiger partial charge in [0.2, 0.25) is 15.9 Å². The molecule has 0 bridgehead atoms. The summed E-state index contributed by atoms with van der Waals surface area (Å²) in [6, 6.07) is 14.9. The lowest BCUT2D eigenvalue weighted by molar-refractivity contribution is -0.119. The Hall–Kier alpha value is -2.22. The summed E-state index contributed by atoms with van der Waals surface area (Å²) >= 11 is 0. The SMILES string of the molecule is Cc1ccc(S(=O)(=O)N2CCN(CC(=O)N(C)c3ccccc3)CC2)c(C)c1. The van der Waals surface area contributed by atoms with Gasteiger partial charge in [-0.15, -0.1) is 0 Å². The molecule has 0 unspecified atom stereocenters. The second-order valence-corrected chi connectivity index (χ2v) is 9.14. The second kappa shape index (κ2) is 8.43. The number of hydrogen-bond donors (Lipinski definition) is 0. The van der Waals surface area contributed by atoms with Crippen LogP contribution >= 0.6 is 0 Å². The van der Waals surface area contributed by atoms with Crippen LogP contribution in [0.15, 0.2) is 53.4 Å². The Morgan fingerprint density at radius 2 is 1.64 bits per heavy atom. The van der Waals surface area contributed by atoms with Crippen LogP contribution in [-0.2, 0) is 14.8 Å². The Morgan fingerprint density at radius 3 is 2.25 bits per heavy atom. The summed E-state index contributed by atoms with van der Waals surface area (Å²) in [7, 11) is -1.75. The molecular weight excluding hydrogens is 374 g/mol. The third-order valence-corrected chi connectivity index (χ3v) is 7.21. The average Bonchev–Trinajstić information content (AvgIpc) is 2.68. The van der Waals surface area contributed by atoms with Gasteiger partial charge in [-0.3, -0.25) is 9.69 Å². The lowest BCUT2D eigenvalue weighted by Gasteiger charge is -2.34. The van der Waals surface area contributed by atoms with Gasteiger partial charge in [0.1, 0.15) is 0 Å². The number of likely N-dealkylation sites (N-methyl/N-ethyl adjacent to an activating group) is 1. The van der Waals surface area contributed by atoms with Gasteiger partial charge in [0, 0.05) is 38.9 Å². The summed E-state index contributed by atoms with van der Waals surface area (Å²) in [5.74, 6) is -0.00288. The maximum absolute atomic E-state index is 13.0. The van der Waals surface area contributed by atoms with Gasteiger partial charge in [-0.25, -0.2) is 8.42 Å². The lowest BCUT2D eigenvalue weighted by Crippen LogP contribution is -2.51. The van der Waals surface area contributed by atoms with E-state index >= 15 is 0 Å². The molecule has 0 aliphatic carbocycles. The van der Waals surface area contributed by atoms with Gasteiger partial charge >= 0.3 is 0 Å². The Balaban J connectivity index is 1.60. The van der Waals surface area contributed by atoms with Crippen molar-refractivity contribution < 1.29 is 13.2 Å². The maximum atomic E-state index is 13.0. The summed E-state index contributed by atoms with van der Waals surface area (Å²) in [5.41, 5.74) is 2.66. The maximum Gasteiger partial charge on any atom is 0.243 e. The largest absolute Gasteiger partial charge is 0.314 e. The van der Waals surface area contributed by atoms with E-state index < -0.39 is 10.0 Å². The molecule has 1 saturated heterocycles. The molecule has 0 saturated carbocycles. The first kappa shape index (κ1) is 20.5. The highest BCUT2D eigenvalue weighted by Gasteiger charge is 2.30. The van der Waals surface area contributed by atoms with Crippen LogP contribution in [-0.4, -0.2) is 63.3 Å². The van der Waals surface area contributed by atoms with E-state index in [2.05, 4.69) is 0 Å². The van der Waals surface area contributed by atoms with Crippen molar-refractivity contribution in [2.24, 2.45) is 0 Å². The lowest BCUT2D eigenvalue weighted by atomic mass is 10.2. The number of rotatable bonds is 5. The molecule has 0 spiro atoms. The molecule has 0 N–H and O–H groups in total. The Labute approximate surface area is 167 Å². The van der Waals surface area contributed by atoms with Crippen molar-refractivity contribution in [3.05, 3.63) is 59.7 Å². The summed E-state index contributed by atoms with van der Waals surface area (Å²) < 4.78 is 27.5. The normalized spacial score (nSPS) is 16.1. The second-order valence-electron chi connectivity index (χ2n) is 7.24. The summed E-state index contributed by atoms with van der Waals surface area (Å²) in [6.45, 7) is 5.91. The Bertz CT molecular complexity index is 937. The zero-order chi connectivity index (χ0) is 20.3. The number of carbonyl (C=O) groups excluding carboxylic acids is 1. The van der Waals surface area contributed by atoms with Gasteiger partial charge in [-0.2, -0.15) is 4.31 Å². The van der Waals surface area contributed by atoms with Gasteiger partial charge in [0.15, 0.2) is 0 Å². The number of carbonyl (C=O) groups is 1. The molecule has 28 heavy (non-hydrogen) atoms. The smallest absolute Gasteiger partial charge is 0.243 e. The van der Waals surface area contributed by atoms with E-state index in [9.17, 15) is 13.2 Å². The fraction of sp³-hybridized carbons (Fsp3) is 0.381. The van der Waals surface area contributed by atoms with Crippen LogP contribution in [0, 0.1) is 13.8 Å². The van der Waals surface area contributed by atoms with Gasteiger partial charge in [0.05, 0.1) is 11.4 Å². The first-order chi connectivity index (χ1) is 13.3. The number of piperazine rings is 1. The minimum Gasteiger partial charge on any atom is -0.314 e. The van der Waals surface area contributed by atoms with Gasteiger partial charge in [-0.05, 0) is 37.6 Å². The van der Waals surface area contributed by atoms with Crippen LogP contribution in [0.5, 0.6) is 0 Å². The van der Waals surface area contributed by atoms with Crippen LogP contribution in [0.2, 0.25) is 0 Å². The van der Waals surface area contributed by atoms with E-state index in [0.717, 1.165) is 16.8 Å². The fourth-order valence-corrected chi connectivity index (χ4v) is 5.08. The molecular formula is C21H27N3O3S. The number of benzene rings is 2. The van der Waals surface area contributed by atoms with E-state index in [1.807, 2.05) is 61.2 Å². The third-order valence-electron chi connectivity index (χ3n) is 5.16. The minimum absolute atomic E-state index is 0.00288. The Kier molecular flexibility index (Phi) is 6.17. The van der Waals surface area contributed by atoms with Crippen molar-refractivity contribution in [2.75, 3.05) is 44.7 Å². The molecule has 2 aromatic rings. The highest BCUT2D eigenvalue weighted by atomic mass is 32.2. The zero-order valence-corrected chi connectivity index (χ0v) is 17.4. The predicted octanol–water partition coefficient (Wildman–Crippen LogP) is 2.27. The predicted molar refractivity (Wildman–Crippen MR) is 111 cm³/mol. The Morgan fingerprint density at radius 1 is 1.00 bits per heavy atom. The molecule has 1 heterocycles. The van der Waals surface area contributed by atoms with E-state index in [1.54, 1.807) is 18.0 Å². The van der Waals surface area contributed by atoms with Crippen molar-refractivity contribution >= 4 is 21.6 Å². The van der Waals surface area contributed by atoms with Crippen molar-refractivity contribution in [3.63, 3.8) is 0 Å². The number of sulfonamides is 1. The third kappa shape index (κ3) is 4.43. The first-order valence-corrected chi connectivity index (χ1v) is 10.8. The van der Waals surface area contributed by atoms with Crippen molar-refractivity contribution in [2.45, 2.75) is 18.7 Å². The molecule has 7 heteroatoms. The zero-order valence-electron chi connectivity index (χ0n) is 16.6. The standard InChI is InChI=1S/C21H27N3O3S/c1-17-9-10-20(18(2)15-17)28(26,27)24-13-11-23(12-14-24)16-21(25)22(3)19-7-5-4-6-8-19/h4-10,15H,11-14,16H2,1-3H3. The summed E-state index contributed by atoms with van der Waals surface area (Å²) in [4.78, 5) is 16.6. The molecule has 150 valence electrons. The van der Waals surface area contributed by atoms with Crippen LogP contribution in [0.1, 0.15) is 11.1 Å². The average molecular weight is 402 g/mol. The van der Waals surface area contributed by atoms with Crippen LogP contribution in [0.4, 0.5) is 5.69 Å². The number of para-hydroxylation sites is 1. The van der Waals surface area contributed by atoms with E-state index in [1.165, 1.54) is 4.31 Å². The number of hydrogen-bond acceptors (Lipinski definition) is 4. The van der Waals surface area contributed by atoms with Gasteiger partial charge in [0.25, 0.3) is 0 Å². The number of nitrogens with zero attached hydrogens (tertiary/aromatic N) is 3. The van der Waals surface area contributed by atoms with Gasteiger partial charge < -0.3 is 4.90 Å². The van der Waals surface area contributed by atoms with E-state index in [4.69, 9.17) is 0 Å². The number of amides is 1. The summed E-state index contributed by atoms with van der Waals surface area (Å²) in [5, 5.41) is 0. The summed E-state index contributed by atoms with van der Waals surface area (Å²) in [6.07, 6.45) is 0. The molecule has 1 aliphatic rings. The van der Waals surface area contributed by atoms with E-state index in [-0.39, 0.29) is 12.5 Å². The monoisotopic (exact) mass is 401 g/mol. The molecule has 1 fully saturated rings. The van der Waals surface area contributed by atoms with Crippen molar-refractivity contribution in [1.29, 1.82) is 0 Å². The first-order valence-electron chi connectivity index (χ1n) is 9.40. The van der Waals surface area contributed by atoms with Crippen molar-refractivity contribution in [1.82, 2.24) is 9.21 Å². The quantitative estimate of drug-likeness (QED) is 0.771. The highest BCUT2D eigenvalue weighted by molar-refractivity contribution is 7.89. The topological polar surface area (TPSA) is 60.9 Å². The highest BCUT2D eigenvalue weighted by Crippen LogP contribution is 2.22. The molecule has 3 rings (SSSR count). The number of anilines is 1. The fourth-order valence-electron chi connectivity index (χ4n) is 3.45. The minimum atomic E-state index is -3.51. The van der Waals surface area contributed by atoms with Crippen LogP contribution < -0.4 is 4.90 Å².